The number of carbonyl (C=O) groups is 1. The largest absolute Gasteiger partial charge is 0.479 e. The van der Waals surface area contributed by atoms with Crippen LogP contribution >= 0.6 is 46.8 Å². The number of halogens is 2. The number of nitrogens with zero attached hydrogens (tertiary/aromatic N) is 1. The smallest absolute Gasteiger partial charge is 0.266 e. The van der Waals surface area contributed by atoms with Crippen molar-refractivity contribution in [2.24, 2.45) is 0 Å². The molecule has 0 radical (unpaired) electrons. The Labute approximate surface area is 204 Å². The molecule has 0 saturated heterocycles. The van der Waals surface area contributed by atoms with E-state index in [0.29, 0.717) is 15.8 Å². The van der Waals surface area contributed by atoms with Gasteiger partial charge in [0.15, 0.2) is 11.2 Å². The van der Waals surface area contributed by atoms with E-state index in [1.165, 1.54) is 0 Å². The van der Waals surface area contributed by atoms with Gasteiger partial charge in [0.25, 0.3) is 5.91 Å². The van der Waals surface area contributed by atoms with E-state index in [9.17, 15) is 4.79 Å². The summed E-state index contributed by atoms with van der Waals surface area (Å²) >= 11 is 18.9. The minimum Gasteiger partial charge on any atom is -0.479 e. The zero-order chi connectivity index (χ0) is 22.7. The van der Waals surface area contributed by atoms with Crippen LogP contribution in [0.1, 0.15) is 6.92 Å². The highest BCUT2D eigenvalue weighted by Gasteiger charge is 2.17. The number of ether oxygens (including phenoxy) is 1. The van der Waals surface area contributed by atoms with Gasteiger partial charge in [-0.05, 0) is 73.7 Å². The Bertz CT molecular complexity index is 1260. The standard InChI is InChI=1S/C23H17Cl2N3O2S2/c1-13(30-19-11-8-15(24)12-17(19)25)21(29)28-23(31)26-16-9-6-14(7-10-16)22-27-18-4-2-3-5-20(18)32-22/h2-13H,1H3,(H2,26,28,29,31). The average Bonchev–Trinajstić information content (AvgIpc) is 3.20. The molecule has 0 fully saturated rings. The first-order valence-electron chi connectivity index (χ1n) is 9.58. The molecule has 1 unspecified atom stereocenters. The fraction of sp³-hybridized carbons (Fsp3) is 0.0870. The number of carbonyl (C=O) groups excluding carboxylic acids is 1. The minimum absolute atomic E-state index is 0.167. The van der Waals surface area contributed by atoms with E-state index in [2.05, 4.69) is 21.7 Å². The zero-order valence-electron chi connectivity index (χ0n) is 16.8. The number of benzene rings is 3. The second kappa shape index (κ2) is 9.83. The number of rotatable bonds is 5. The molecule has 4 aromatic rings. The van der Waals surface area contributed by atoms with E-state index < -0.39 is 12.0 Å². The second-order valence-corrected chi connectivity index (χ2v) is 9.12. The summed E-state index contributed by atoms with van der Waals surface area (Å²) in [5.74, 6) is -0.0392. The van der Waals surface area contributed by atoms with Crippen LogP contribution in [-0.4, -0.2) is 22.1 Å². The van der Waals surface area contributed by atoms with Crippen LogP contribution in [-0.2, 0) is 4.79 Å². The number of para-hydroxylation sites is 1. The maximum absolute atomic E-state index is 12.4. The Morgan fingerprint density at radius 1 is 1.09 bits per heavy atom. The molecular formula is C23H17Cl2N3O2S2. The summed E-state index contributed by atoms with van der Waals surface area (Å²) in [5, 5.41) is 7.54. The quantitative estimate of drug-likeness (QED) is 0.303. The lowest BCUT2D eigenvalue weighted by Gasteiger charge is -2.16. The number of aromatic nitrogens is 1. The van der Waals surface area contributed by atoms with Crippen molar-refractivity contribution in [3.63, 3.8) is 0 Å². The van der Waals surface area contributed by atoms with Crippen LogP contribution in [0.5, 0.6) is 5.75 Å². The molecule has 0 bridgehead atoms. The van der Waals surface area contributed by atoms with Gasteiger partial charge in [-0.1, -0.05) is 35.3 Å². The minimum atomic E-state index is -0.810. The lowest BCUT2D eigenvalue weighted by Crippen LogP contribution is -2.42. The van der Waals surface area contributed by atoms with Gasteiger partial charge >= 0.3 is 0 Å². The van der Waals surface area contributed by atoms with Gasteiger partial charge in [-0.2, -0.15) is 0 Å². The van der Waals surface area contributed by atoms with Crippen LogP contribution in [0.3, 0.4) is 0 Å². The molecule has 0 aliphatic heterocycles. The number of anilines is 1. The van der Waals surface area contributed by atoms with Crippen LogP contribution in [0.15, 0.2) is 66.7 Å². The normalized spacial score (nSPS) is 11.7. The summed E-state index contributed by atoms with van der Waals surface area (Å²) in [6.07, 6.45) is -0.810. The van der Waals surface area contributed by atoms with E-state index in [0.717, 1.165) is 26.5 Å². The topological polar surface area (TPSA) is 63.2 Å². The van der Waals surface area contributed by atoms with Crippen LogP contribution in [0.25, 0.3) is 20.8 Å². The Morgan fingerprint density at radius 3 is 2.56 bits per heavy atom. The lowest BCUT2D eigenvalue weighted by atomic mass is 10.2. The summed E-state index contributed by atoms with van der Waals surface area (Å²) in [6.45, 7) is 1.61. The molecule has 9 heteroatoms. The number of thiazole rings is 1. The molecule has 4 rings (SSSR count). The predicted molar refractivity (Wildman–Crippen MR) is 136 cm³/mol. The second-order valence-electron chi connectivity index (χ2n) is 6.84. The molecule has 1 amide bonds. The van der Waals surface area contributed by atoms with Crippen molar-refractivity contribution in [3.8, 4) is 16.3 Å². The van der Waals surface area contributed by atoms with Gasteiger partial charge in [0.05, 0.1) is 15.2 Å². The Morgan fingerprint density at radius 2 is 1.84 bits per heavy atom. The van der Waals surface area contributed by atoms with E-state index in [1.54, 1.807) is 36.5 Å². The van der Waals surface area contributed by atoms with Gasteiger partial charge in [-0.15, -0.1) is 11.3 Å². The first kappa shape index (κ1) is 22.5. The Hall–Kier alpha value is -2.71. The van der Waals surface area contributed by atoms with E-state index >= 15 is 0 Å². The first-order chi connectivity index (χ1) is 15.4. The maximum Gasteiger partial charge on any atom is 0.266 e. The van der Waals surface area contributed by atoms with Crippen molar-refractivity contribution in [2.75, 3.05) is 5.32 Å². The highest BCUT2D eigenvalue weighted by molar-refractivity contribution is 7.80. The van der Waals surface area contributed by atoms with Crippen LogP contribution < -0.4 is 15.4 Å². The summed E-state index contributed by atoms with van der Waals surface area (Å²) in [5.41, 5.74) is 2.73. The molecule has 0 spiro atoms. The van der Waals surface area contributed by atoms with Crippen LogP contribution in [0, 0.1) is 0 Å². The average molecular weight is 502 g/mol. The fourth-order valence-electron chi connectivity index (χ4n) is 2.88. The van der Waals surface area contributed by atoms with Gasteiger partial charge in [0, 0.05) is 16.3 Å². The summed E-state index contributed by atoms with van der Waals surface area (Å²) in [4.78, 5) is 17.1. The summed E-state index contributed by atoms with van der Waals surface area (Å²) in [7, 11) is 0. The highest BCUT2D eigenvalue weighted by Crippen LogP contribution is 2.31. The van der Waals surface area contributed by atoms with Crippen molar-refractivity contribution >= 4 is 73.7 Å². The van der Waals surface area contributed by atoms with E-state index in [1.807, 2.05) is 42.5 Å². The van der Waals surface area contributed by atoms with Crippen molar-refractivity contribution in [1.29, 1.82) is 0 Å². The third kappa shape index (κ3) is 5.37. The molecule has 0 aliphatic carbocycles. The Balaban J connectivity index is 1.34. The third-order valence-corrected chi connectivity index (χ3v) is 6.31. The zero-order valence-corrected chi connectivity index (χ0v) is 19.9. The molecule has 2 N–H and O–H groups in total. The number of nitrogens with one attached hydrogen (secondary N) is 2. The molecule has 1 atom stereocenters. The van der Waals surface area contributed by atoms with Crippen molar-refractivity contribution < 1.29 is 9.53 Å². The number of hydrogen-bond acceptors (Lipinski definition) is 5. The van der Waals surface area contributed by atoms with Gasteiger partial charge in [0.1, 0.15) is 10.8 Å². The summed E-state index contributed by atoms with van der Waals surface area (Å²) < 4.78 is 6.75. The van der Waals surface area contributed by atoms with Crippen LogP contribution in [0.2, 0.25) is 10.0 Å². The number of amides is 1. The molecule has 1 heterocycles. The molecule has 32 heavy (non-hydrogen) atoms. The number of hydrogen-bond donors (Lipinski definition) is 2. The number of thiocarbonyl (C=S) groups is 1. The van der Waals surface area contributed by atoms with E-state index in [-0.39, 0.29) is 5.11 Å². The van der Waals surface area contributed by atoms with Crippen molar-refractivity contribution in [1.82, 2.24) is 10.3 Å². The molecule has 0 aliphatic rings. The Kier molecular flexibility index (Phi) is 6.91. The summed E-state index contributed by atoms with van der Waals surface area (Å²) in [6, 6.07) is 20.5. The molecular weight excluding hydrogens is 485 g/mol. The van der Waals surface area contributed by atoms with Gasteiger partial charge in [-0.3, -0.25) is 10.1 Å². The van der Waals surface area contributed by atoms with Crippen molar-refractivity contribution in [3.05, 3.63) is 76.8 Å². The first-order valence-corrected chi connectivity index (χ1v) is 11.6. The van der Waals surface area contributed by atoms with Gasteiger partial charge in [-0.25, -0.2) is 4.98 Å². The van der Waals surface area contributed by atoms with Crippen LogP contribution in [0.4, 0.5) is 5.69 Å². The lowest BCUT2D eigenvalue weighted by molar-refractivity contribution is -0.125. The fourth-order valence-corrected chi connectivity index (χ4v) is 4.53. The molecule has 1 aromatic heterocycles. The SMILES string of the molecule is CC(Oc1ccc(Cl)cc1Cl)C(=O)NC(=S)Nc1ccc(-c2nc3ccccc3s2)cc1. The molecule has 3 aromatic carbocycles. The van der Waals surface area contributed by atoms with Gasteiger partial charge < -0.3 is 10.1 Å². The highest BCUT2D eigenvalue weighted by atomic mass is 35.5. The molecule has 5 nitrogen and oxygen atoms in total. The molecule has 0 saturated carbocycles. The van der Waals surface area contributed by atoms with Gasteiger partial charge in [0.2, 0.25) is 0 Å². The third-order valence-electron chi connectivity index (χ3n) is 4.49. The van der Waals surface area contributed by atoms with Crippen molar-refractivity contribution in [2.45, 2.75) is 13.0 Å². The molecule has 162 valence electrons. The predicted octanol–water partition coefficient (Wildman–Crippen LogP) is 6.55. The monoisotopic (exact) mass is 501 g/mol. The van der Waals surface area contributed by atoms with E-state index in [4.69, 9.17) is 40.2 Å². The maximum atomic E-state index is 12.4. The number of fused-ring (bicyclic) bond motifs is 1.